The average molecular weight is 394 g/mol. The van der Waals surface area contributed by atoms with E-state index in [0.29, 0.717) is 6.42 Å². The highest BCUT2D eigenvalue weighted by atomic mass is 16.2. The van der Waals surface area contributed by atoms with Gasteiger partial charge in [-0.1, -0.05) is 60.7 Å². The van der Waals surface area contributed by atoms with Gasteiger partial charge >= 0.3 is 0 Å². The Morgan fingerprint density at radius 2 is 1.70 bits per heavy atom. The van der Waals surface area contributed by atoms with Gasteiger partial charge in [-0.2, -0.15) is 0 Å². The van der Waals surface area contributed by atoms with Gasteiger partial charge in [-0.15, -0.1) is 0 Å². The van der Waals surface area contributed by atoms with Gasteiger partial charge in [0.25, 0.3) is 0 Å². The Morgan fingerprint density at radius 3 is 2.57 bits per heavy atom. The Kier molecular flexibility index (Phi) is 4.77. The number of hydrogen-bond donors (Lipinski definition) is 2. The highest BCUT2D eigenvalue weighted by Crippen LogP contribution is 2.20. The van der Waals surface area contributed by atoms with Gasteiger partial charge in [0, 0.05) is 11.7 Å². The molecule has 2 N–H and O–H groups in total. The van der Waals surface area contributed by atoms with E-state index in [4.69, 9.17) is 4.98 Å². The van der Waals surface area contributed by atoms with Gasteiger partial charge in [0.15, 0.2) is 0 Å². The van der Waals surface area contributed by atoms with Crippen LogP contribution in [0, 0.1) is 0 Å². The number of carbonyl (C=O) groups is 1. The number of aromatic amines is 1. The molecule has 0 aliphatic rings. The third kappa shape index (κ3) is 3.70. The minimum Gasteiger partial charge on any atom is -0.344 e. The lowest BCUT2D eigenvalue weighted by Gasteiger charge is -2.17. The molecule has 2 heterocycles. The van der Waals surface area contributed by atoms with Crippen LogP contribution in [0.25, 0.3) is 21.9 Å². The lowest BCUT2D eigenvalue weighted by molar-refractivity contribution is -0.122. The first-order valence-electron chi connectivity index (χ1n) is 10.1. The van der Waals surface area contributed by atoms with Gasteiger partial charge in [0.2, 0.25) is 5.91 Å². The molecule has 5 nitrogen and oxygen atoms in total. The fourth-order valence-electron chi connectivity index (χ4n) is 3.88. The number of H-pyrrole nitrogens is 1. The van der Waals surface area contributed by atoms with E-state index >= 15 is 0 Å². The molecule has 0 spiro atoms. The summed E-state index contributed by atoms with van der Waals surface area (Å²) in [5.74, 6) is 0.725. The maximum Gasteiger partial charge on any atom is 0.240 e. The Labute approximate surface area is 174 Å². The largest absolute Gasteiger partial charge is 0.344 e. The van der Waals surface area contributed by atoms with Crippen LogP contribution in [-0.2, 0) is 17.8 Å². The summed E-state index contributed by atoms with van der Waals surface area (Å²) in [6.07, 6.45) is 2.62. The third-order valence-electron chi connectivity index (χ3n) is 5.35. The van der Waals surface area contributed by atoms with Crippen molar-refractivity contribution in [1.29, 1.82) is 0 Å². The van der Waals surface area contributed by atoms with E-state index < -0.39 is 0 Å². The van der Waals surface area contributed by atoms with Crippen molar-refractivity contribution in [1.82, 2.24) is 19.9 Å². The van der Waals surface area contributed by atoms with Crippen LogP contribution < -0.4 is 5.32 Å². The van der Waals surface area contributed by atoms with Crippen molar-refractivity contribution < 1.29 is 4.79 Å². The summed E-state index contributed by atoms with van der Waals surface area (Å²) in [6.45, 7) is 0.263. The molecule has 1 amide bonds. The predicted octanol–water partition coefficient (Wildman–Crippen LogP) is 4.62. The van der Waals surface area contributed by atoms with Crippen molar-refractivity contribution in [3.05, 3.63) is 103 Å². The Hall–Kier alpha value is -3.86. The SMILES string of the molecule is O=C(Cn1ccc2ccccc21)N[C@@H](Cc1ccccc1)c1nc2ccccc2[nH]1. The number of aromatic nitrogens is 3. The molecule has 2 aromatic heterocycles. The fraction of sp³-hybridized carbons (Fsp3) is 0.120. The molecule has 1 atom stereocenters. The fourth-order valence-corrected chi connectivity index (χ4v) is 3.88. The molecular weight excluding hydrogens is 372 g/mol. The maximum atomic E-state index is 13.0. The number of fused-ring (bicyclic) bond motifs is 2. The molecule has 0 aliphatic heterocycles. The first kappa shape index (κ1) is 18.2. The van der Waals surface area contributed by atoms with Crippen LogP contribution in [0.15, 0.2) is 91.1 Å². The van der Waals surface area contributed by atoms with Gasteiger partial charge in [0.1, 0.15) is 12.4 Å². The summed E-state index contributed by atoms with van der Waals surface area (Å²) in [6, 6.07) is 27.9. The monoisotopic (exact) mass is 394 g/mol. The number of nitrogens with zero attached hydrogens (tertiary/aromatic N) is 2. The van der Waals surface area contributed by atoms with E-state index in [-0.39, 0.29) is 18.5 Å². The number of benzene rings is 3. The van der Waals surface area contributed by atoms with Crippen molar-refractivity contribution in [3.63, 3.8) is 0 Å². The van der Waals surface area contributed by atoms with Crippen molar-refractivity contribution >= 4 is 27.8 Å². The van der Waals surface area contributed by atoms with E-state index in [2.05, 4.69) is 28.5 Å². The third-order valence-corrected chi connectivity index (χ3v) is 5.35. The van der Waals surface area contributed by atoms with Gasteiger partial charge in [-0.05, 0) is 41.6 Å². The van der Waals surface area contributed by atoms with Crippen LogP contribution >= 0.6 is 0 Å². The van der Waals surface area contributed by atoms with E-state index in [9.17, 15) is 4.79 Å². The topological polar surface area (TPSA) is 62.7 Å². The Balaban J connectivity index is 1.41. The highest BCUT2D eigenvalue weighted by Gasteiger charge is 2.19. The van der Waals surface area contributed by atoms with Crippen LogP contribution in [0.1, 0.15) is 17.4 Å². The summed E-state index contributed by atoms with van der Waals surface area (Å²) in [5.41, 5.74) is 4.07. The zero-order valence-electron chi connectivity index (χ0n) is 16.5. The van der Waals surface area contributed by atoms with Crippen molar-refractivity contribution in [2.75, 3.05) is 0 Å². The number of para-hydroxylation sites is 3. The van der Waals surface area contributed by atoms with Crippen molar-refractivity contribution in [2.45, 2.75) is 19.0 Å². The van der Waals surface area contributed by atoms with Crippen molar-refractivity contribution in [3.8, 4) is 0 Å². The van der Waals surface area contributed by atoms with E-state index in [1.54, 1.807) is 0 Å². The molecule has 5 aromatic rings. The van der Waals surface area contributed by atoms with Gasteiger partial charge in [-0.3, -0.25) is 4.79 Å². The average Bonchev–Trinajstić information content (AvgIpc) is 3.38. The minimum absolute atomic E-state index is 0.0438. The number of amides is 1. The number of nitrogens with one attached hydrogen (secondary N) is 2. The second-order valence-electron chi connectivity index (χ2n) is 7.45. The molecule has 0 unspecified atom stereocenters. The van der Waals surface area contributed by atoms with Crippen LogP contribution in [0.4, 0.5) is 0 Å². The first-order valence-corrected chi connectivity index (χ1v) is 10.1. The highest BCUT2D eigenvalue weighted by molar-refractivity contribution is 5.83. The standard InChI is InChI=1S/C25H22N4O/c30-24(17-29-15-14-19-10-4-7-13-23(19)29)26-22(16-18-8-2-1-3-9-18)25-27-20-11-5-6-12-21(20)28-25/h1-15,22H,16-17H2,(H,26,30)(H,27,28)/t22-/m0/s1. The molecular formula is C25H22N4O. The summed E-state index contributed by atoms with van der Waals surface area (Å²) < 4.78 is 1.98. The summed E-state index contributed by atoms with van der Waals surface area (Å²) >= 11 is 0. The zero-order chi connectivity index (χ0) is 20.3. The smallest absolute Gasteiger partial charge is 0.240 e. The first-order chi connectivity index (χ1) is 14.8. The van der Waals surface area contributed by atoms with E-state index in [0.717, 1.165) is 33.3 Å². The van der Waals surface area contributed by atoms with E-state index in [1.165, 1.54) is 0 Å². The second-order valence-corrected chi connectivity index (χ2v) is 7.45. The van der Waals surface area contributed by atoms with Gasteiger partial charge < -0.3 is 14.9 Å². The summed E-state index contributed by atoms with van der Waals surface area (Å²) in [5, 5.41) is 4.32. The van der Waals surface area contributed by atoms with Crippen LogP contribution in [-0.4, -0.2) is 20.4 Å². The number of carbonyl (C=O) groups excluding carboxylic acids is 1. The summed E-state index contributed by atoms with van der Waals surface area (Å²) in [4.78, 5) is 21.1. The Bertz CT molecular complexity index is 1270. The molecule has 5 rings (SSSR count). The molecule has 0 saturated carbocycles. The molecule has 148 valence electrons. The molecule has 0 bridgehead atoms. The molecule has 3 aromatic carbocycles. The molecule has 0 fully saturated rings. The minimum atomic E-state index is -0.242. The van der Waals surface area contributed by atoms with Crippen LogP contribution in [0.5, 0.6) is 0 Å². The number of rotatable bonds is 6. The molecule has 30 heavy (non-hydrogen) atoms. The predicted molar refractivity (Wildman–Crippen MR) is 119 cm³/mol. The van der Waals surface area contributed by atoms with Crippen LogP contribution in [0.2, 0.25) is 0 Å². The summed E-state index contributed by atoms with van der Waals surface area (Å²) in [7, 11) is 0. The van der Waals surface area contributed by atoms with Crippen molar-refractivity contribution in [2.24, 2.45) is 0 Å². The maximum absolute atomic E-state index is 13.0. The Morgan fingerprint density at radius 1 is 0.933 bits per heavy atom. The number of imidazole rings is 1. The molecule has 0 radical (unpaired) electrons. The quantitative estimate of drug-likeness (QED) is 0.441. The van der Waals surface area contributed by atoms with Crippen LogP contribution in [0.3, 0.4) is 0 Å². The number of hydrogen-bond acceptors (Lipinski definition) is 2. The van der Waals surface area contributed by atoms with Gasteiger partial charge in [0.05, 0.1) is 17.1 Å². The molecule has 5 heteroatoms. The molecule has 0 aliphatic carbocycles. The zero-order valence-corrected chi connectivity index (χ0v) is 16.5. The lowest BCUT2D eigenvalue weighted by atomic mass is 10.1. The van der Waals surface area contributed by atoms with Gasteiger partial charge in [-0.25, -0.2) is 4.98 Å². The second kappa shape index (κ2) is 7.87. The normalized spacial score (nSPS) is 12.3. The lowest BCUT2D eigenvalue weighted by Crippen LogP contribution is -2.33. The molecule has 0 saturated heterocycles. The van der Waals surface area contributed by atoms with E-state index in [1.807, 2.05) is 77.5 Å².